The zero-order valence-electron chi connectivity index (χ0n) is 27.0. The van der Waals surface area contributed by atoms with Gasteiger partial charge >= 0.3 is 0 Å². The van der Waals surface area contributed by atoms with E-state index in [2.05, 4.69) is 185 Å². The Balaban J connectivity index is 1.32. The van der Waals surface area contributed by atoms with E-state index in [0.29, 0.717) is 0 Å². The quantitative estimate of drug-likeness (QED) is 0.181. The second kappa shape index (κ2) is 12.5. The van der Waals surface area contributed by atoms with Crippen LogP contribution < -0.4 is 0 Å². The molecule has 0 saturated carbocycles. The van der Waals surface area contributed by atoms with E-state index in [1.54, 1.807) is 0 Å². The smallest absolute Gasteiger partial charge is 0.0172 e. The average Bonchev–Trinajstić information content (AvgIpc) is 3.08. The molecule has 0 spiro atoms. The van der Waals surface area contributed by atoms with Gasteiger partial charge in [-0.3, -0.25) is 0 Å². The normalized spacial score (nSPS) is 11.0. The zero-order valence-corrected chi connectivity index (χ0v) is 27.0. The van der Waals surface area contributed by atoms with Crippen LogP contribution in [0.2, 0.25) is 0 Å². The Morgan fingerprint density at radius 1 is 0.196 bits per heavy atom. The van der Waals surface area contributed by atoms with E-state index in [1.165, 1.54) is 89.0 Å². The standard InChI is InChI=1S/C46H38/c1-31-9-5-13-37(21-31)43-25-41(26-44(29-43)38-14-6-10-32(2)22-38)35-17-19-36(20-18-35)42-27-45(39-15-7-11-33(3)23-39)30-46(28-42)40-16-8-12-34(4)24-40/h5-30H,1-4H3. The third kappa shape index (κ3) is 6.34. The van der Waals surface area contributed by atoms with Crippen molar-refractivity contribution in [2.75, 3.05) is 0 Å². The predicted octanol–water partition coefficient (Wildman–Crippen LogP) is 12.9. The third-order valence-corrected chi connectivity index (χ3v) is 8.82. The minimum atomic E-state index is 1.21. The summed E-state index contributed by atoms with van der Waals surface area (Å²) in [4.78, 5) is 0. The highest BCUT2D eigenvalue weighted by Gasteiger charge is 2.11. The summed E-state index contributed by atoms with van der Waals surface area (Å²) >= 11 is 0. The second-order valence-corrected chi connectivity index (χ2v) is 12.7. The number of hydrogen-bond donors (Lipinski definition) is 0. The molecule has 0 nitrogen and oxygen atoms in total. The lowest BCUT2D eigenvalue weighted by Gasteiger charge is -2.14. The molecule has 0 radical (unpaired) electrons. The van der Waals surface area contributed by atoms with Crippen LogP contribution in [0.25, 0.3) is 66.8 Å². The minimum absolute atomic E-state index is 1.21. The van der Waals surface area contributed by atoms with Gasteiger partial charge in [0.15, 0.2) is 0 Å². The first-order valence-corrected chi connectivity index (χ1v) is 16.1. The molecule has 0 fully saturated rings. The van der Waals surface area contributed by atoms with Crippen LogP contribution in [0.5, 0.6) is 0 Å². The van der Waals surface area contributed by atoms with Gasteiger partial charge in [0.1, 0.15) is 0 Å². The van der Waals surface area contributed by atoms with E-state index in [4.69, 9.17) is 0 Å². The largest absolute Gasteiger partial charge is 0.0614 e. The molecule has 0 N–H and O–H groups in total. The maximum Gasteiger partial charge on any atom is -0.0172 e. The van der Waals surface area contributed by atoms with Crippen LogP contribution in [0.15, 0.2) is 158 Å². The van der Waals surface area contributed by atoms with Gasteiger partial charge in [0, 0.05) is 0 Å². The molecule has 0 aliphatic heterocycles. The molecule has 7 rings (SSSR count). The van der Waals surface area contributed by atoms with Crippen molar-refractivity contribution in [3.63, 3.8) is 0 Å². The van der Waals surface area contributed by atoms with Crippen LogP contribution in [-0.4, -0.2) is 0 Å². The van der Waals surface area contributed by atoms with Crippen molar-refractivity contribution in [1.82, 2.24) is 0 Å². The van der Waals surface area contributed by atoms with Crippen LogP contribution in [0.3, 0.4) is 0 Å². The summed E-state index contributed by atoms with van der Waals surface area (Å²) in [5.41, 5.74) is 19.8. The summed E-state index contributed by atoms with van der Waals surface area (Å²) in [6.07, 6.45) is 0. The lowest BCUT2D eigenvalue weighted by atomic mass is 9.90. The molecule has 0 atom stereocenters. The number of hydrogen-bond acceptors (Lipinski definition) is 0. The summed E-state index contributed by atoms with van der Waals surface area (Å²) < 4.78 is 0. The Kier molecular flexibility index (Phi) is 7.95. The van der Waals surface area contributed by atoms with Crippen molar-refractivity contribution in [3.8, 4) is 66.8 Å². The van der Waals surface area contributed by atoms with Gasteiger partial charge in [-0.1, -0.05) is 144 Å². The summed E-state index contributed by atoms with van der Waals surface area (Å²) in [5.74, 6) is 0. The van der Waals surface area contributed by atoms with Crippen LogP contribution in [0, 0.1) is 27.7 Å². The summed E-state index contributed by atoms with van der Waals surface area (Å²) in [6.45, 7) is 8.63. The monoisotopic (exact) mass is 590 g/mol. The molecule has 0 saturated heterocycles. The summed E-state index contributed by atoms with van der Waals surface area (Å²) in [7, 11) is 0. The topological polar surface area (TPSA) is 0 Å². The van der Waals surface area contributed by atoms with E-state index in [0.717, 1.165) is 0 Å². The van der Waals surface area contributed by atoms with Crippen molar-refractivity contribution in [2.24, 2.45) is 0 Å². The highest BCUT2D eigenvalue weighted by atomic mass is 14.2. The Bertz CT molecular complexity index is 1890. The maximum atomic E-state index is 2.33. The van der Waals surface area contributed by atoms with Crippen LogP contribution >= 0.6 is 0 Å². The van der Waals surface area contributed by atoms with Crippen LogP contribution in [0.1, 0.15) is 22.3 Å². The van der Waals surface area contributed by atoms with Crippen molar-refractivity contribution in [2.45, 2.75) is 27.7 Å². The minimum Gasteiger partial charge on any atom is -0.0614 e. The molecule has 222 valence electrons. The predicted molar refractivity (Wildman–Crippen MR) is 198 cm³/mol. The second-order valence-electron chi connectivity index (χ2n) is 12.7. The molecule has 0 heterocycles. The molecule has 7 aromatic rings. The van der Waals surface area contributed by atoms with Gasteiger partial charge < -0.3 is 0 Å². The first-order chi connectivity index (χ1) is 22.4. The van der Waals surface area contributed by atoms with Crippen molar-refractivity contribution in [1.29, 1.82) is 0 Å². The highest BCUT2D eigenvalue weighted by molar-refractivity contribution is 5.84. The van der Waals surface area contributed by atoms with Gasteiger partial charge in [0.05, 0.1) is 0 Å². The Hall–Kier alpha value is -5.46. The Morgan fingerprint density at radius 3 is 0.630 bits per heavy atom. The fourth-order valence-electron chi connectivity index (χ4n) is 6.41. The van der Waals surface area contributed by atoms with Gasteiger partial charge in [-0.25, -0.2) is 0 Å². The fourth-order valence-corrected chi connectivity index (χ4v) is 6.41. The molecule has 0 bridgehead atoms. The molecule has 0 amide bonds. The molecular weight excluding hydrogens is 553 g/mol. The first-order valence-electron chi connectivity index (χ1n) is 16.1. The summed E-state index contributed by atoms with van der Waals surface area (Å²) in [6, 6.07) is 58.2. The van der Waals surface area contributed by atoms with Gasteiger partial charge in [0.25, 0.3) is 0 Å². The molecule has 0 aliphatic rings. The zero-order chi connectivity index (χ0) is 31.6. The van der Waals surface area contributed by atoms with Crippen LogP contribution in [-0.2, 0) is 0 Å². The van der Waals surface area contributed by atoms with E-state index >= 15 is 0 Å². The van der Waals surface area contributed by atoms with Gasteiger partial charge in [-0.15, -0.1) is 0 Å². The Morgan fingerprint density at radius 2 is 0.413 bits per heavy atom. The van der Waals surface area contributed by atoms with Crippen molar-refractivity contribution in [3.05, 3.63) is 180 Å². The van der Waals surface area contributed by atoms with Gasteiger partial charge in [-0.05, 0) is 131 Å². The Labute approximate surface area is 273 Å². The third-order valence-electron chi connectivity index (χ3n) is 8.82. The fraction of sp³-hybridized carbons (Fsp3) is 0.0870. The molecule has 46 heavy (non-hydrogen) atoms. The number of rotatable bonds is 6. The van der Waals surface area contributed by atoms with Gasteiger partial charge in [0.2, 0.25) is 0 Å². The molecule has 0 aliphatic carbocycles. The van der Waals surface area contributed by atoms with E-state index in [9.17, 15) is 0 Å². The number of benzene rings is 7. The van der Waals surface area contributed by atoms with Crippen molar-refractivity contribution < 1.29 is 0 Å². The van der Waals surface area contributed by atoms with Crippen molar-refractivity contribution >= 4 is 0 Å². The van der Waals surface area contributed by atoms with E-state index in [-0.39, 0.29) is 0 Å². The average molecular weight is 591 g/mol. The molecule has 7 aromatic carbocycles. The molecule has 0 heteroatoms. The first kappa shape index (κ1) is 29.3. The number of aryl methyl sites for hydroxylation is 4. The molecule has 0 unspecified atom stereocenters. The van der Waals surface area contributed by atoms with Crippen LogP contribution in [0.4, 0.5) is 0 Å². The van der Waals surface area contributed by atoms with E-state index < -0.39 is 0 Å². The lowest BCUT2D eigenvalue weighted by Crippen LogP contribution is -1.89. The molecule has 0 aromatic heterocycles. The van der Waals surface area contributed by atoms with E-state index in [1.807, 2.05) is 0 Å². The highest BCUT2D eigenvalue weighted by Crippen LogP contribution is 2.37. The lowest BCUT2D eigenvalue weighted by molar-refractivity contribution is 1.45. The molecular formula is C46H38. The SMILES string of the molecule is Cc1cccc(-c2cc(-c3ccc(-c4cc(-c5cccc(C)c5)cc(-c5cccc(C)c5)c4)cc3)cc(-c3cccc(C)c3)c2)c1. The maximum absolute atomic E-state index is 2.33. The summed E-state index contributed by atoms with van der Waals surface area (Å²) in [5, 5.41) is 0. The van der Waals surface area contributed by atoms with Gasteiger partial charge in [-0.2, -0.15) is 0 Å².